The number of aliphatic hydroxyl groups excluding tert-OH is 1. The maximum atomic E-state index is 12.5. The minimum absolute atomic E-state index is 0.120. The second-order valence-electron chi connectivity index (χ2n) is 6.38. The quantitative estimate of drug-likeness (QED) is 0.780. The molecule has 2 aromatic carbocycles. The maximum absolute atomic E-state index is 12.5. The van der Waals surface area contributed by atoms with E-state index in [-0.39, 0.29) is 18.2 Å². The Morgan fingerprint density at radius 3 is 2.52 bits per heavy atom. The van der Waals surface area contributed by atoms with Crippen molar-refractivity contribution in [3.63, 3.8) is 0 Å². The molecule has 0 saturated carbocycles. The van der Waals surface area contributed by atoms with Crippen molar-refractivity contribution in [3.8, 4) is 0 Å². The summed E-state index contributed by atoms with van der Waals surface area (Å²) in [6.07, 6.45) is 0.0291. The molecule has 3 N–H and O–H groups in total. The van der Waals surface area contributed by atoms with Gasteiger partial charge in [0.2, 0.25) is 11.8 Å². The van der Waals surface area contributed by atoms with Crippen LogP contribution in [-0.4, -0.2) is 23.0 Å². The molecular weight excluding hydrogens is 316 g/mol. The standard InChI is InChI=1S/C20H22N2O3/c1-13(23)21-17(14-7-3-2-4-8-14)12-19(25)22-20-16-10-6-5-9-15(16)11-18(20)24/h2-10,17-18,20,24H,11-12H2,1H3,(H,21,23)(H,22,25). The third kappa shape index (κ3) is 4.06. The van der Waals surface area contributed by atoms with E-state index in [1.165, 1.54) is 6.92 Å². The number of hydrogen-bond acceptors (Lipinski definition) is 3. The van der Waals surface area contributed by atoms with Gasteiger partial charge in [-0.15, -0.1) is 0 Å². The highest BCUT2D eigenvalue weighted by molar-refractivity contribution is 5.79. The molecule has 0 bridgehead atoms. The van der Waals surface area contributed by atoms with Gasteiger partial charge in [0.1, 0.15) is 0 Å². The molecule has 5 heteroatoms. The average Bonchev–Trinajstić information content (AvgIpc) is 2.90. The van der Waals surface area contributed by atoms with Crippen molar-refractivity contribution in [2.75, 3.05) is 0 Å². The van der Waals surface area contributed by atoms with Crippen LogP contribution >= 0.6 is 0 Å². The van der Waals surface area contributed by atoms with Crippen LogP contribution in [0.5, 0.6) is 0 Å². The van der Waals surface area contributed by atoms with E-state index in [0.29, 0.717) is 6.42 Å². The molecule has 1 aliphatic carbocycles. The van der Waals surface area contributed by atoms with Gasteiger partial charge >= 0.3 is 0 Å². The lowest BCUT2D eigenvalue weighted by Crippen LogP contribution is -2.37. The van der Waals surface area contributed by atoms with Crippen molar-refractivity contribution in [2.45, 2.75) is 38.0 Å². The van der Waals surface area contributed by atoms with E-state index in [1.54, 1.807) is 0 Å². The normalized spacial score (nSPS) is 19.8. The number of carbonyl (C=O) groups is 2. The van der Waals surface area contributed by atoms with Gasteiger partial charge in [-0.1, -0.05) is 54.6 Å². The van der Waals surface area contributed by atoms with E-state index in [1.807, 2.05) is 54.6 Å². The van der Waals surface area contributed by atoms with E-state index < -0.39 is 18.2 Å². The molecule has 1 aliphatic rings. The Labute approximate surface area is 147 Å². The Kier molecular flexibility index (Phi) is 5.14. The van der Waals surface area contributed by atoms with Gasteiger partial charge in [0.15, 0.2) is 0 Å². The highest BCUT2D eigenvalue weighted by Crippen LogP contribution is 2.31. The van der Waals surface area contributed by atoms with Crippen LogP contribution in [0.3, 0.4) is 0 Å². The first-order valence-electron chi connectivity index (χ1n) is 8.42. The summed E-state index contributed by atoms with van der Waals surface area (Å²) in [5.74, 6) is -0.392. The maximum Gasteiger partial charge on any atom is 0.222 e. The van der Waals surface area contributed by atoms with Crippen LogP contribution in [-0.2, 0) is 16.0 Å². The first-order valence-corrected chi connectivity index (χ1v) is 8.42. The van der Waals surface area contributed by atoms with Gasteiger partial charge in [0, 0.05) is 13.3 Å². The molecule has 0 fully saturated rings. The minimum Gasteiger partial charge on any atom is -0.390 e. The lowest BCUT2D eigenvalue weighted by Gasteiger charge is -2.22. The van der Waals surface area contributed by atoms with Crippen LogP contribution < -0.4 is 10.6 Å². The van der Waals surface area contributed by atoms with Crippen LogP contribution in [0.2, 0.25) is 0 Å². The Morgan fingerprint density at radius 2 is 1.80 bits per heavy atom. The molecule has 2 aromatic rings. The Bertz CT molecular complexity index is 761. The van der Waals surface area contributed by atoms with Crippen LogP contribution in [0.4, 0.5) is 0 Å². The van der Waals surface area contributed by atoms with E-state index in [2.05, 4.69) is 10.6 Å². The fourth-order valence-electron chi connectivity index (χ4n) is 3.35. The number of carbonyl (C=O) groups excluding carboxylic acids is 2. The number of hydrogen-bond donors (Lipinski definition) is 3. The second kappa shape index (κ2) is 7.49. The summed E-state index contributed by atoms with van der Waals surface area (Å²) in [4.78, 5) is 24.0. The summed E-state index contributed by atoms with van der Waals surface area (Å²) < 4.78 is 0. The van der Waals surface area contributed by atoms with Crippen LogP contribution in [0.25, 0.3) is 0 Å². The number of fused-ring (bicyclic) bond motifs is 1. The molecule has 0 radical (unpaired) electrons. The topological polar surface area (TPSA) is 78.4 Å². The number of nitrogens with one attached hydrogen (secondary N) is 2. The molecule has 0 aliphatic heterocycles. The van der Waals surface area contributed by atoms with Gasteiger partial charge in [-0.05, 0) is 16.7 Å². The molecule has 3 rings (SSSR count). The summed E-state index contributed by atoms with van der Waals surface area (Å²) in [6, 6.07) is 16.3. The molecule has 0 aromatic heterocycles. The molecule has 25 heavy (non-hydrogen) atoms. The van der Waals surface area contributed by atoms with E-state index >= 15 is 0 Å². The highest BCUT2D eigenvalue weighted by Gasteiger charge is 2.32. The minimum atomic E-state index is -0.628. The van der Waals surface area contributed by atoms with Gasteiger partial charge in [-0.2, -0.15) is 0 Å². The van der Waals surface area contributed by atoms with Gasteiger partial charge in [0.05, 0.1) is 24.6 Å². The monoisotopic (exact) mass is 338 g/mol. The predicted molar refractivity (Wildman–Crippen MR) is 94.7 cm³/mol. The lowest BCUT2D eigenvalue weighted by molar-refractivity contribution is -0.124. The van der Waals surface area contributed by atoms with Gasteiger partial charge < -0.3 is 15.7 Å². The van der Waals surface area contributed by atoms with Crippen LogP contribution in [0.15, 0.2) is 54.6 Å². The van der Waals surface area contributed by atoms with Crippen molar-refractivity contribution >= 4 is 11.8 Å². The Hall–Kier alpha value is -2.66. The van der Waals surface area contributed by atoms with Gasteiger partial charge in [-0.25, -0.2) is 0 Å². The number of benzene rings is 2. The zero-order valence-corrected chi connectivity index (χ0v) is 14.1. The summed E-state index contributed by atoms with van der Waals surface area (Å²) in [5, 5.41) is 16.0. The van der Waals surface area contributed by atoms with E-state index in [0.717, 1.165) is 16.7 Å². The molecular formula is C20H22N2O3. The lowest BCUT2D eigenvalue weighted by atomic mass is 10.0. The predicted octanol–water partition coefficient (Wildman–Crippen LogP) is 2.03. The number of amides is 2. The molecule has 3 atom stereocenters. The third-order valence-corrected chi connectivity index (χ3v) is 4.49. The highest BCUT2D eigenvalue weighted by atomic mass is 16.3. The molecule has 0 heterocycles. The Morgan fingerprint density at radius 1 is 1.12 bits per heavy atom. The Balaban J connectivity index is 1.71. The zero-order chi connectivity index (χ0) is 17.8. The summed E-state index contributed by atoms with van der Waals surface area (Å²) in [7, 11) is 0. The average molecular weight is 338 g/mol. The van der Waals surface area contributed by atoms with Gasteiger partial charge in [0.25, 0.3) is 0 Å². The van der Waals surface area contributed by atoms with Crippen LogP contribution in [0, 0.1) is 0 Å². The summed E-state index contributed by atoms with van der Waals surface area (Å²) in [6.45, 7) is 1.44. The largest absolute Gasteiger partial charge is 0.390 e. The molecule has 5 nitrogen and oxygen atoms in total. The first kappa shape index (κ1) is 17.2. The van der Waals surface area contributed by atoms with Gasteiger partial charge in [-0.3, -0.25) is 9.59 Å². The second-order valence-corrected chi connectivity index (χ2v) is 6.38. The number of rotatable bonds is 5. The zero-order valence-electron chi connectivity index (χ0n) is 14.1. The molecule has 0 saturated heterocycles. The third-order valence-electron chi connectivity index (χ3n) is 4.49. The first-order chi connectivity index (χ1) is 12.0. The van der Waals surface area contributed by atoms with Crippen molar-refractivity contribution in [1.29, 1.82) is 0 Å². The molecule has 2 amide bonds. The fraction of sp³-hybridized carbons (Fsp3) is 0.300. The van der Waals surface area contributed by atoms with Crippen molar-refractivity contribution in [1.82, 2.24) is 10.6 Å². The molecule has 0 spiro atoms. The van der Waals surface area contributed by atoms with Crippen molar-refractivity contribution < 1.29 is 14.7 Å². The van der Waals surface area contributed by atoms with E-state index in [4.69, 9.17) is 0 Å². The van der Waals surface area contributed by atoms with Crippen LogP contribution in [0.1, 0.15) is 42.1 Å². The summed E-state index contributed by atoms with van der Waals surface area (Å²) >= 11 is 0. The SMILES string of the molecule is CC(=O)NC(CC(=O)NC1c2ccccc2CC1O)c1ccccc1. The molecule has 3 unspecified atom stereocenters. The van der Waals surface area contributed by atoms with E-state index in [9.17, 15) is 14.7 Å². The van der Waals surface area contributed by atoms with Crippen molar-refractivity contribution in [2.24, 2.45) is 0 Å². The molecule has 130 valence electrons. The smallest absolute Gasteiger partial charge is 0.222 e. The number of aliphatic hydroxyl groups is 1. The fourth-order valence-corrected chi connectivity index (χ4v) is 3.35. The summed E-state index contributed by atoms with van der Waals surface area (Å²) in [5.41, 5.74) is 2.89. The van der Waals surface area contributed by atoms with Crippen molar-refractivity contribution in [3.05, 3.63) is 71.3 Å².